The molecule has 2 N–H and O–H groups in total. The van der Waals surface area contributed by atoms with Crippen LogP contribution in [0.4, 0.5) is 5.69 Å². The molecule has 1 atom stereocenters. The highest BCUT2D eigenvalue weighted by Gasteiger charge is 2.16. The van der Waals surface area contributed by atoms with Crippen molar-refractivity contribution in [2.45, 2.75) is 6.10 Å². The summed E-state index contributed by atoms with van der Waals surface area (Å²) in [5.41, 5.74) is 1.56. The normalized spacial score (nSPS) is 12.1. The Morgan fingerprint density at radius 2 is 2.00 bits per heavy atom. The summed E-state index contributed by atoms with van der Waals surface area (Å²) < 4.78 is 0. The highest BCUT2D eigenvalue weighted by atomic mass is 35.5. The smallest absolute Gasteiger partial charge is 0.273 e. The van der Waals surface area contributed by atoms with Gasteiger partial charge < -0.3 is 10.2 Å². The molecule has 0 fully saturated rings. The highest BCUT2D eigenvalue weighted by molar-refractivity contribution is 6.31. The lowest BCUT2D eigenvalue weighted by molar-refractivity contribution is -0.398. The number of nitrogens with one attached hydrogen (secondary N) is 1. The van der Waals surface area contributed by atoms with Crippen molar-refractivity contribution in [3.63, 3.8) is 0 Å². The molecule has 0 aliphatic carbocycles. The van der Waals surface area contributed by atoms with Crippen LogP contribution in [0.15, 0.2) is 47.6 Å². The molecule has 0 spiro atoms. The molecule has 2 aromatic carbocycles. The standard InChI is InChI=1S/C15H12ClN3O5/c16-11-6-10(13(20)12(7-11)19(23)24)8-17-18-15(22)14(21)9-4-2-1-3-5-9/h1-8,14,20-21H,(H,18,22)/p-1/b17-8-/t14-/m1/s1. The number of nitrogens with zero attached hydrogens (tertiary/aromatic N) is 2. The maximum absolute atomic E-state index is 11.8. The first-order valence-corrected chi connectivity index (χ1v) is 6.99. The fourth-order valence-electron chi connectivity index (χ4n) is 1.84. The fraction of sp³-hybridized carbons (Fsp3) is 0.0667. The number of amides is 1. The Morgan fingerprint density at radius 3 is 2.62 bits per heavy atom. The van der Waals surface area contributed by atoms with E-state index in [1.165, 1.54) is 6.07 Å². The van der Waals surface area contributed by atoms with Crippen LogP contribution in [-0.4, -0.2) is 22.2 Å². The van der Waals surface area contributed by atoms with Gasteiger partial charge in [-0.25, -0.2) is 5.43 Å². The lowest BCUT2D eigenvalue weighted by Crippen LogP contribution is -2.25. The lowest BCUT2D eigenvalue weighted by atomic mass is 10.1. The lowest BCUT2D eigenvalue weighted by Gasteiger charge is -2.11. The minimum atomic E-state index is -1.44. The van der Waals surface area contributed by atoms with E-state index in [1.54, 1.807) is 30.3 Å². The monoisotopic (exact) mass is 348 g/mol. The van der Waals surface area contributed by atoms with Crippen LogP contribution >= 0.6 is 11.6 Å². The number of carbonyl (C=O) groups is 1. The summed E-state index contributed by atoms with van der Waals surface area (Å²) in [5, 5.41) is 35.9. The maximum atomic E-state index is 11.8. The van der Waals surface area contributed by atoms with Crippen molar-refractivity contribution in [2.75, 3.05) is 0 Å². The minimum absolute atomic E-state index is 0.0154. The number of benzene rings is 2. The molecule has 1 amide bonds. The number of aliphatic hydroxyl groups excluding tert-OH is 1. The number of rotatable bonds is 5. The van der Waals surface area contributed by atoms with Crippen LogP contribution in [0.2, 0.25) is 5.02 Å². The number of halogens is 1. The van der Waals surface area contributed by atoms with Gasteiger partial charge in [-0.15, -0.1) is 0 Å². The van der Waals surface area contributed by atoms with Gasteiger partial charge >= 0.3 is 0 Å². The molecule has 0 radical (unpaired) electrons. The molecule has 0 heterocycles. The van der Waals surface area contributed by atoms with Crippen LogP contribution in [0.1, 0.15) is 17.2 Å². The number of nitro groups is 1. The molecule has 24 heavy (non-hydrogen) atoms. The average molecular weight is 349 g/mol. The largest absolute Gasteiger partial charge is 0.867 e. The number of hydrogen-bond acceptors (Lipinski definition) is 6. The van der Waals surface area contributed by atoms with E-state index in [-0.39, 0.29) is 10.6 Å². The van der Waals surface area contributed by atoms with E-state index in [9.17, 15) is 25.1 Å². The SMILES string of the molecule is O=C(N/N=C\c1cc(Cl)cc([N+](=O)[O-])c1[O-])[C@H](O)c1ccccc1. The molecule has 9 heteroatoms. The van der Waals surface area contributed by atoms with Gasteiger partial charge in [0, 0.05) is 11.1 Å². The molecule has 0 bridgehead atoms. The van der Waals surface area contributed by atoms with Crippen molar-refractivity contribution in [3.05, 3.63) is 68.7 Å². The summed E-state index contributed by atoms with van der Waals surface area (Å²) in [5.74, 6) is -1.70. The fourth-order valence-corrected chi connectivity index (χ4v) is 2.07. The van der Waals surface area contributed by atoms with Gasteiger partial charge in [0.15, 0.2) is 6.10 Å². The van der Waals surface area contributed by atoms with Gasteiger partial charge in [-0.3, -0.25) is 14.9 Å². The Balaban J connectivity index is 2.12. The highest BCUT2D eigenvalue weighted by Crippen LogP contribution is 2.29. The molecule has 2 rings (SSSR count). The Morgan fingerprint density at radius 1 is 1.33 bits per heavy atom. The van der Waals surface area contributed by atoms with Gasteiger partial charge in [-0.05, 0) is 22.9 Å². The predicted octanol–water partition coefficient (Wildman–Crippen LogP) is 1.51. The first-order chi connectivity index (χ1) is 11.4. The van der Waals surface area contributed by atoms with Crippen LogP contribution in [0, 0.1) is 10.1 Å². The topological polar surface area (TPSA) is 128 Å². The molecule has 0 aliphatic rings. The van der Waals surface area contributed by atoms with E-state index >= 15 is 0 Å². The second-order valence-electron chi connectivity index (χ2n) is 4.65. The van der Waals surface area contributed by atoms with E-state index in [0.29, 0.717) is 5.56 Å². The molecule has 124 valence electrons. The quantitative estimate of drug-likeness (QED) is 0.480. The van der Waals surface area contributed by atoms with Crippen LogP contribution in [0.25, 0.3) is 0 Å². The Bertz CT molecular complexity index is 795. The molecule has 0 saturated carbocycles. The summed E-state index contributed by atoms with van der Waals surface area (Å²) in [6, 6.07) is 10.3. The zero-order valence-corrected chi connectivity index (χ0v) is 12.8. The van der Waals surface area contributed by atoms with Crippen molar-refractivity contribution in [1.29, 1.82) is 0 Å². The van der Waals surface area contributed by atoms with Crippen LogP contribution in [0.5, 0.6) is 5.75 Å². The van der Waals surface area contributed by atoms with Gasteiger partial charge in [0.25, 0.3) is 11.6 Å². The Hall–Kier alpha value is -2.97. The Labute approximate surface area is 141 Å². The summed E-state index contributed by atoms with van der Waals surface area (Å²) in [4.78, 5) is 21.7. The predicted molar refractivity (Wildman–Crippen MR) is 84.7 cm³/mol. The first kappa shape index (κ1) is 17.4. The van der Waals surface area contributed by atoms with Crippen molar-refractivity contribution in [1.82, 2.24) is 5.43 Å². The van der Waals surface area contributed by atoms with Crippen molar-refractivity contribution in [2.24, 2.45) is 5.10 Å². The molecule has 0 saturated heterocycles. The first-order valence-electron chi connectivity index (χ1n) is 6.61. The van der Waals surface area contributed by atoms with Crippen LogP contribution < -0.4 is 10.5 Å². The van der Waals surface area contributed by atoms with Crippen molar-refractivity contribution in [3.8, 4) is 5.75 Å². The third-order valence-electron chi connectivity index (χ3n) is 3.00. The summed E-state index contributed by atoms with van der Waals surface area (Å²) in [6.07, 6.45) is -0.514. The molecule has 0 aliphatic heterocycles. The number of aliphatic hydroxyl groups is 1. The molecular weight excluding hydrogens is 338 g/mol. The third kappa shape index (κ3) is 4.06. The molecule has 2 aromatic rings. The van der Waals surface area contributed by atoms with E-state index < -0.39 is 28.4 Å². The van der Waals surface area contributed by atoms with E-state index in [0.717, 1.165) is 12.3 Å². The number of nitro benzene ring substituents is 1. The van der Waals surface area contributed by atoms with Gasteiger partial charge in [-0.2, -0.15) is 5.10 Å². The van der Waals surface area contributed by atoms with Crippen molar-refractivity contribution < 1.29 is 19.9 Å². The minimum Gasteiger partial charge on any atom is -0.867 e. The molecular formula is C15H11ClN3O5-. The second kappa shape index (κ2) is 7.53. The average Bonchev–Trinajstić information content (AvgIpc) is 2.57. The maximum Gasteiger partial charge on any atom is 0.273 e. The summed E-state index contributed by atoms with van der Waals surface area (Å²) in [6.45, 7) is 0. The number of carbonyl (C=O) groups excluding carboxylic acids is 1. The van der Waals surface area contributed by atoms with Gasteiger partial charge in [0.1, 0.15) is 0 Å². The summed E-state index contributed by atoms with van der Waals surface area (Å²) >= 11 is 5.71. The number of hydrazone groups is 1. The van der Waals surface area contributed by atoms with Gasteiger partial charge in [-0.1, -0.05) is 41.9 Å². The summed E-state index contributed by atoms with van der Waals surface area (Å²) in [7, 11) is 0. The molecule has 8 nitrogen and oxygen atoms in total. The van der Waals surface area contributed by atoms with Gasteiger partial charge in [0.05, 0.1) is 11.1 Å². The van der Waals surface area contributed by atoms with Crippen LogP contribution in [-0.2, 0) is 4.79 Å². The zero-order valence-electron chi connectivity index (χ0n) is 12.0. The molecule has 0 aromatic heterocycles. The number of hydrogen-bond donors (Lipinski definition) is 2. The second-order valence-corrected chi connectivity index (χ2v) is 5.08. The third-order valence-corrected chi connectivity index (χ3v) is 3.22. The van der Waals surface area contributed by atoms with Crippen LogP contribution in [0.3, 0.4) is 0 Å². The zero-order chi connectivity index (χ0) is 17.7. The van der Waals surface area contributed by atoms with E-state index in [4.69, 9.17) is 11.6 Å². The van der Waals surface area contributed by atoms with Gasteiger partial charge in [0.2, 0.25) is 0 Å². The van der Waals surface area contributed by atoms with Crippen molar-refractivity contribution >= 4 is 29.4 Å². The Kier molecular flexibility index (Phi) is 5.46. The molecule has 0 unspecified atom stereocenters. The van der Waals surface area contributed by atoms with E-state index in [2.05, 4.69) is 10.5 Å². The van der Waals surface area contributed by atoms with E-state index in [1.807, 2.05) is 0 Å².